The van der Waals surface area contributed by atoms with E-state index in [0.29, 0.717) is 22.2 Å². The Morgan fingerprint density at radius 2 is 2.05 bits per heavy atom. The van der Waals surface area contributed by atoms with Crippen LogP contribution < -0.4 is 0 Å². The molecule has 0 fully saturated rings. The number of carbonyl (C=O) groups is 1. The molecule has 0 atom stereocenters. The van der Waals surface area contributed by atoms with Crippen molar-refractivity contribution in [1.29, 1.82) is 0 Å². The number of rotatable bonds is 3. The molecule has 0 saturated heterocycles. The molecule has 0 spiro atoms. The largest absolute Gasteiger partial charge is 0.337 e. The highest BCUT2D eigenvalue weighted by molar-refractivity contribution is 9.11. The minimum atomic E-state index is -0.119. The van der Waals surface area contributed by atoms with Crippen molar-refractivity contribution in [2.24, 2.45) is 0 Å². The average molecular weight is 379 g/mol. The van der Waals surface area contributed by atoms with E-state index < -0.39 is 0 Å². The first-order chi connectivity index (χ1) is 8.97. The van der Waals surface area contributed by atoms with Crippen LogP contribution in [0.4, 0.5) is 0 Å². The van der Waals surface area contributed by atoms with E-state index in [4.69, 9.17) is 23.2 Å². The summed E-state index contributed by atoms with van der Waals surface area (Å²) in [7, 11) is 1.75. The molecule has 0 aliphatic carbocycles. The van der Waals surface area contributed by atoms with Gasteiger partial charge in [-0.05, 0) is 46.3 Å². The topological polar surface area (TPSA) is 20.3 Å². The van der Waals surface area contributed by atoms with Crippen LogP contribution in [-0.2, 0) is 6.54 Å². The molecule has 0 N–H and O–H groups in total. The van der Waals surface area contributed by atoms with E-state index >= 15 is 0 Å². The van der Waals surface area contributed by atoms with Crippen molar-refractivity contribution in [2.45, 2.75) is 6.54 Å². The van der Waals surface area contributed by atoms with Gasteiger partial charge in [-0.2, -0.15) is 0 Å². The lowest BCUT2D eigenvalue weighted by molar-refractivity contribution is 0.0786. The maximum absolute atomic E-state index is 12.3. The molecular weight excluding hydrogens is 369 g/mol. The van der Waals surface area contributed by atoms with E-state index in [1.54, 1.807) is 41.5 Å². The Kier molecular flexibility index (Phi) is 4.90. The predicted octanol–water partition coefficient (Wildman–Crippen LogP) is 5.09. The van der Waals surface area contributed by atoms with Gasteiger partial charge in [0.25, 0.3) is 5.91 Å². The van der Waals surface area contributed by atoms with Gasteiger partial charge in [-0.25, -0.2) is 0 Å². The van der Waals surface area contributed by atoms with E-state index in [1.807, 2.05) is 12.1 Å². The molecule has 0 radical (unpaired) electrons. The second-order valence-corrected chi connectivity index (χ2v) is 7.38. The summed E-state index contributed by atoms with van der Waals surface area (Å²) in [6.07, 6.45) is 0. The van der Waals surface area contributed by atoms with Gasteiger partial charge >= 0.3 is 0 Å². The predicted molar refractivity (Wildman–Crippen MR) is 84.3 cm³/mol. The monoisotopic (exact) mass is 377 g/mol. The van der Waals surface area contributed by atoms with Gasteiger partial charge in [0, 0.05) is 16.9 Å². The summed E-state index contributed by atoms with van der Waals surface area (Å²) in [4.78, 5) is 15.0. The van der Waals surface area contributed by atoms with Gasteiger partial charge in [0.05, 0.1) is 20.9 Å². The number of hydrogen-bond donors (Lipinski definition) is 0. The van der Waals surface area contributed by atoms with Crippen LogP contribution in [-0.4, -0.2) is 17.9 Å². The highest BCUT2D eigenvalue weighted by Crippen LogP contribution is 2.25. The van der Waals surface area contributed by atoms with Gasteiger partial charge in [0.15, 0.2) is 0 Å². The lowest BCUT2D eigenvalue weighted by Crippen LogP contribution is -2.26. The summed E-state index contributed by atoms with van der Waals surface area (Å²) in [6, 6.07) is 8.84. The summed E-state index contributed by atoms with van der Waals surface area (Å²) < 4.78 is 1.05. The van der Waals surface area contributed by atoms with Gasteiger partial charge in [-0.1, -0.05) is 23.2 Å². The Labute approximate surface area is 134 Å². The van der Waals surface area contributed by atoms with Gasteiger partial charge in [0.1, 0.15) is 0 Å². The Balaban J connectivity index is 2.14. The number of amides is 1. The fourth-order valence-electron chi connectivity index (χ4n) is 1.61. The van der Waals surface area contributed by atoms with Crippen LogP contribution in [0.5, 0.6) is 0 Å². The molecule has 2 rings (SSSR count). The van der Waals surface area contributed by atoms with E-state index in [1.165, 1.54) is 0 Å². The summed E-state index contributed by atoms with van der Waals surface area (Å²) in [5.74, 6) is -0.119. The standard InChI is InChI=1S/C13H10BrCl2NOS/c1-17(7-9-3-5-12(14)19-9)13(18)10-4-2-8(15)6-11(10)16/h2-6H,7H2,1H3. The molecule has 2 aromatic rings. The summed E-state index contributed by atoms with van der Waals surface area (Å²) >= 11 is 16.9. The zero-order valence-electron chi connectivity index (χ0n) is 9.99. The Morgan fingerprint density at radius 3 is 2.63 bits per heavy atom. The number of carbonyl (C=O) groups excluding carboxylic acids is 1. The second-order valence-electron chi connectivity index (χ2n) is 3.99. The van der Waals surface area contributed by atoms with Crippen molar-refractivity contribution in [3.05, 3.63) is 54.6 Å². The first-order valence-corrected chi connectivity index (χ1v) is 7.78. The molecule has 0 bridgehead atoms. The molecule has 0 aliphatic heterocycles. The Morgan fingerprint density at radius 1 is 1.32 bits per heavy atom. The molecule has 2 nitrogen and oxygen atoms in total. The third-order valence-corrected chi connectivity index (χ3v) is 4.69. The van der Waals surface area contributed by atoms with Crippen LogP contribution in [0.3, 0.4) is 0 Å². The van der Waals surface area contributed by atoms with Crippen LogP contribution in [0.1, 0.15) is 15.2 Å². The van der Waals surface area contributed by atoms with Crippen molar-refractivity contribution in [2.75, 3.05) is 7.05 Å². The number of thiophene rings is 1. The van der Waals surface area contributed by atoms with Crippen molar-refractivity contribution in [3.8, 4) is 0 Å². The molecular formula is C13H10BrCl2NOS. The maximum atomic E-state index is 12.3. The zero-order chi connectivity index (χ0) is 14.0. The van der Waals surface area contributed by atoms with Crippen LogP contribution in [0.25, 0.3) is 0 Å². The quantitative estimate of drug-likeness (QED) is 0.728. The third kappa shape index (κ3) is 3.72. The molecule has 1 amide bonds. The van der Waals surface area contributed by atoms with Gasteiger partial charge in [-0.3, -0.25) is 4.79 Å². The second kappa shape index (κ2) is 6.27. The van der Waals surface area contributed by atoms with E-state index in [-0.39, 0.29) is 5.91 Å². The number of benzene rings is 1. The summed E-state index contributed by atoms with van der Waals surface area (Å²) in [5.41, 5.74) is 0.462. The normalized spacial score (nSPS) is 10.5. The van der Waals surface area contributed by atoms with Crippen LogP contribution in [0, 0.1) is 0 Å². The van der Waals surface area contributed by atoms with E-state index in [2.05, 4.69) is 15.9 Å². The zero-order valence-corrected chi connectivity index (χ0v) is 13.9. The molecule has 1 heterocycles. The SMILES string of the molecule is CN(Cc1ccc(Br)s1)C(=O)c1ccc(Cl)cc1Cl. The first kappa shape index (κ1) is 14.9. The Bertz CT molecular complexity index is 614. The number of nitrogens with zero attached hydrogens (tertiary/aromatic N) is 1. The van der Waals surface area contributed by atoms with Crippen LogP contribution in [0.15, 0.2) is 34.1 Å². The lowest BCUT2D eigenvalue weighted by atomic mass is 10.2. The molecule has 6 heteroatoms. The maximum Gasteiger partial charge on any atom is 0.255 e. The molecule has 100 valence electrons. The fraction of sp³-hybridized carbons (Fsp3) is 0.154. The highest BCUT2D eigenvalue weighted by Gasteiger charge is 2.16. The molecule has 19 heavy (non-hydrogen) atoms. The van der Waals surface area contributed by atoms with E-state index in [0.717, 1.165) is 8.66 Å². The number of hydrogen-bond acceptors (Lipinski definition) is 2. The molecule has 0 aliphatic rings. The Hall–Kier alpha value is -0.550. The van der Waals surface area contributed by atoms with Crippen LogP contribution in [0.2, 0.25) is 10.0 Å². The summed E-state index contributed by atoms with van der Waals surface area (Å²) in [6.45, 7) is 0.550. The van der Waals surface area contributed by atoms with Gasteiger partial charge in [-0.15, -0.1) is 11.3 Å². The molecule has 1 aromatic heterocycles. The van der Waals surface area contributed by atoms with Gasteiger partial charge < -0.3 is 4.90 Å². The van der Waals surface area contributed by atoms with Crippen molar-refractivity contribution in [3.63, 3.8) is 0 Å². The van der Waals surface area contributed by atoms with Crippen molar-refractivity contribution >= 4 is 56.4 Å². The molecule has 1 aromatic carbocycles. The summed E-state index contributed by atoms with van der Waals surface area (Å²) in [5, 5.41) is 0.892. The highest BCUT2D eigenvalue weighted by atomic mass is 79.9. The lowest BCUT2D eigenvalue weighted by Gasteiger charge is -2.17. The van der Waals surface area contributed by atoms with E-state index in [9.17, 15) is 4.79 Å². The molecule has 0 unspecified atom stereocenters. The van der Waals surface area contributed by atoms with Crippen molar-refractivity contribution < 1.29 is 4.79 Å². The third-order valence-electron chi connectivity index (χ3n) is 2.53. The average Bonchev–Trinajstić information content (AvgIpc) is 2.74. The number of halogens is 3. The first-order valence-electron chi connectivity index (χ1n) is 5.42. The fourth-order valence-corrected chi connectivity index (χ4v) is 3.64. The minimum absolute atomic E-state index is 0.119. The smallest absolute Gasteiger partial charge is 0.255 e. The minimum Gasteiger partial charge on any atom is -0.337 e. The van der Waals surface area contributed by atoms with Crippen molar-refractivity contribution in [1.82, 2.24) is 4.90 Å². The van der Waals surface area contributed by atoms with Gasteiger partial charge in [0.2, 0.25) is 0 Å². The molecule has 0 saturated carbocycles. The van der Waals surface area contributed by atoms with Crippen LogP contribution >= 0.6 is 50.5 Å².